The number of aromatic nitrogens is 7. The van der Waals surface area contributed by atoms with E-state index in [1.165, 1.54) is 29.2 Å². The van der Waals surface area contributed by atoms with Crippen LogP contribution in [0.2, 0.25) is 0 Å². The van der Waals surface area contributed by atoms with E-state index in [4.69, 9.17) is 4.98 Å². The number of aliphatic carboxylic acids is 1. The van der Waals surface area contributed by atoms with Gasteiger partial charge in [-0.25, -0.2) is 32.2 Å². The molecule has 3 aromatic heterocycles. The molecule has 11 nitrogen and oxygen atoms in total. The van der Waals surface area contributed by atoms with Crippen molar-refractivity contribution in [2.75, 3.05) is 11.5 Å². The Bertz CT molecular complexity index is 1910. The fourth-order valence-electron chi connectivity index (χ4n) is 7.66. The van der Waals surface area contributed by atoms with E-state index in [0.717, 1.165) is 18.4 Å². The lowest BCUT2D eigenvalue weighted by Gasteiger charge is -2.37. The maximum absolute atomic E-state index is 14.6. The van der Waals surface area contributed by atoms with Crippen molar-refractivity contribution in [1.82, 2.24) is 34.9 Å². The van der Waals surface area contributed by atoms with Gasteiger partial charge in [0.1, 0.15) is 18.0 Å². The summed E-state index contributed by atoms with van der Waals surface area (Å²) in [5.74, 6) is -2.68. The number of halogens is 2. The van der Waals surface area contributed by atoms with E-state index < -0.39 is 44.7 Å². The van der Waals surface area contributed by atoms with Gasteiger partial charge in [-0.05, 0) is 60.4 Å². The smallest absolute Gasteiger partial charge is 0.304 e. The molecule has 1 unspecified atom stereocenters. The molecule has 4 heterocycles. The molecule has 1 aromatic carbocycles. The molecule has 7 rings (SSSR count). The summed E-state index contributed by atoms with van der Waals surface area (Å²) < 4.78 is 55.2. The van der Waals surface area contributed by atoms with Crippen molar-refractivity contribution in [3.8, 4) is 17.2 Å². The summed E-state index contributed by atoms with van der Waals surface area (Å²) in [6.45, 7) is 4.25. The first-order valence-electron chi connectivity index (χ1n) is 13.9. The molecule has 0 spiro atoms. The number of rotatable bonds is 6. The lowest BCUT2D eigenvalue weighted by atomic mass is 9.66. The van der Waals surface area contributed by atoms with Gasteiger partial charge in [-0.1, -0.05) is 19.9 Å². The number of carboxylic acids is 1. The van der Waals surface area contributed by atoms with Crippen molar-refractivity contribution in [1.29, 1.82) is 0 Å². The number of hydrogen-bond donors (Lipinski definition) is 1. The average molecular weight is 608 g/mol. The van der Waals surface area contributed by atoms with Crippen molar-refractivity contribution >= 4 is 15.8 Å². The largest absolute Gasteiger partial charge is 0.481 e. The van der Waals surface area contributed by atoms with E-state index in [9.17, 15) is 27.1 Å². The summed E-state index contributed by atoms with van der Waals surface area (Å²) >= 11 is 0. The molecular weight excluding hydrogens is 580 g/mol. The van der Waals surface area contributed by atoms with E-state index in [2.05, 4.69) is 39.1 Å². The van der Waals surface area contributed by atoms with E-state index in [-0.39, 0.29) is 52.3 Å². The van der Waals surface area contributed by atoms with Gasteiger partial charge < -0.3 is 5.11 Å². The van der Waals surface area contributed by atoms with Crippen LogP contribution in [0.15, 0.2) is 42.9 Å². The van der Waals surface area contributed by atoms with Crippen LogP contribution in [0.25, 0.3) is 17.2 Å². The molecule has 1 N–H and O–H groups in total. The van der Waals surface area contributed by atoms with Gasteiger partial charge in [0.25, 0.3) is 5.95 Å². The monoisotopic (exact) mass is 607 g/mol. The Morgan fingerprint density at radius 2 is 1.88 bits per heavy atom. The predicted octanol–water partition coefficient (Wildman–Crippen LogP) is 3.53. The minimum absolute atomic E-state index is 0.0446. The summed E-state index contributed by atoms with van der Waals surface area (Å²) in [5, 5.41) is 22.8. The Morgan fingerprint density at radius 1 is 1.12 bits per heavy atom. The highest BCUT2D eigenvalue weighted by Gasteiger charge is 2.65. The van der Waals surface area contributed by atoms with Gasteiger partial charge in [0, 0.05) is 6.20 Å². The van der Waals surface area contributed by atoms with Gasteiger partial charge in [0.15, 0.2) is 15.7 Å². The third-order valence-corrected chi connectivity index (χ3v) is 11.5. The van der Waals surface area contributed by atoms with Crippen molar-refractivity contribution < 1.29 is 27.1 Å². The van der Waals surface area contributed by atoms with Crippen molar-refractivity contribution in [3.63, 3.8) is 0 Å². The van der Waals surface area contributed by atoms with E-state index in [1.54, 1.807) is 12.3 Å². The fourth-order valence-corrected chi connectivity index (χ4v) is 9.72. The van der Waals surface area contributed by atoms with Gasteiger partial charge in [-0.3, -0.25) is 4.79 Å². The Balaban J connectivity index is 1.30. The number of nitrogens with zero attached hydrogens (tertiary/aromatic N) is 7. The highest BCUT2D eigenvalue weighted by atomic mass is 32.2. The molecule has 0 amide bonds. The van der Waals surface area contributed by atoms with E-state index in [0.29, 0.717) is 11.4 Å². The SMILES string of the molecule is CC1(C)[C@H]2CC[C@@]1(c1ccnc(-n3cnc(C4(CC(=O)O)CCS(=O)(=O)C4)n3)n1)c1nnc(-c3c(F)cccc3F)cc12. The minimum atomic E-state index is -3.43. The van der Waals surface area contributed by atoms with Crippen LogP contribution < -0.4 is 0 Å². The molecule has 1 saturated heterocycles. The summed E-state index contributed by atoms with van der Waals surface area (Å²) in [6.07, 6.45) is 4.19. The molecular formula is C29H27F2N7O4S. The first-order chi connectivity index (χ1) is 20.4. The molecule has 2 fully saturated rings. The lowest BCUT2D eigenvalue weighted by Crippen LogP contribution is -2.38. The molecule has 222 valence electrons. The Labute approximate surface area is 245 Å². The zero-order valence-corrected chi connectivity index (χ0v) is 24.1. The first-order valence-corrected chi connectivity index (χ1v) is 15.7. The number of carbonyl (C=O) groups is 1. The minimum Gasteiger partial charge on any atom is -0.481 e. The maximum atomic E-state index is 14.6. The number of sulfone groups is 1. The van der Waals surface area contributed by atoms with Crippen molar-refractivity contribution in [3.05, 3.63) is 77.3 Å². The summed E-state index contributed by atoms with van der Waals surface area (Å²) in [7, 11) is -3.43. The third-order valence-electron chi connectivity index (χ3n) is 9.73. The number of carboxylic acid groups (broad SMARTS) is 1. The summed E-state index contributed by atoms with van der Waals surface area (Å²) in [4.78, 5) is 25.2. The van der Waals surface area contributed by atoms with Crippen LogP contribution in [-0.4, -0.2) is 65.9 Å². The molecule has 4 aromatic rings. The standard InChI is InChI=1S/C29H27F2N7O4S/c1-27(2)17-6-8-29(27,24-16(17)12-20(35-36-24)23-18(30)4-3-5-19(23)31)21-7-10-32-26(34-21)38-15-33-25(37-38)28(13-22(39)40)9-11-43(41,42)14-28/h3-5,7,10,12,15,17H,6,8-9,11,13-14H2,1-2H3,(H,39,40)/t17-,28?,29+/m0/s1. The van der Waals surface area contributed by atoms with Crippen LogP contribution in [-0.2, 0) is 25.5 Å². The highest BCUT2D eigenvalue weighted by Crippen LogP contribution is 2.69. The van der Waals surface area contributed by atoms with Crippen LogP contribution >= 0.6 is 0 Å². The maximum Gasteiger partial charge on any atom is 0.304 e. The fraction of sp³-hybridized carbons (Fsp3) is 0.414. The van der Waals surface area contributed by atoms with Crippen molar-refractivity contribution in [2.45, 2.75) is 56.3 Å². The molecule has 1 aliphatic heterocycles. The molecule has 2 aliphatic carbocycles. The normalized spacial score (nSPS) is 26.5. The zero-order chi connectivity index (χ0) is 30.4. The molecule has 43 heavy (non-hydrogen) atoms. The number of hydrogen-bond acceptors (Lipinski definition) is 9. The predicted molar refractivity (Wildman–Crippen MR) is 148 cm³/mol. The van der Waals surface area contributed by atoms with E-state index >= 15 is 0 Å². The molecule has 0 radical (unpaired) electrons. The Hall–Kier alpha value is -4.20. The summed E-state index contributed by atoms with van der Waals surface area (Å²) in [5.41, 5.74) is -0.104. The second-order valence-electron chi connectivity index (χ2n) is 12.3. The van der Waals surface area contributed by atoms with Crippen LogP contribution in [0.1, 0.15) is 68.2 Å². The molecule has 3 atom stereocenters. The third kappa shape index (κ3) is 3.95. The molecule has 14 heteroatoms. The lowest BCUT2D eigenvalue weighted by molar-refractivity contribution is -0.138. The number of benzene rings is 1. The van der Waals surface area contributed by atoms with Gasteiger partial charge in [-0.15, -0.1) is 10.2 Å². The molecule has 2 bridgehead atoms. The number of fused-ring (bicyclic) bond motifs is 5. The quantitative estimate of drug-likeness (QED) is 0.344. The van der Waals surface area contributed by atoms with Crippen LogP contribution in [0, 0.1) is 17.0 Å². The first kappa shape index (κ1) is 27.6. The summed E-state index contributed by atoms with van der Waals surface area (Å²) in [6, 6.07) is 7.24. The highest BCUT2D eigenvalue weighted by molar-refractivity contribution is 7.91. The Morgan fingerprint density at radius 3 is 2.58 bits per heavy atom. The topological polar surface area (TPSA) is 154 Å². The van der Waals surface area contributed by atoms with Crippen LogP contribution in [0.3, 0.4) is 0 Å². The van der Waals surface area contributed by atoms with Gasteiger partial charge in [0.05, 0.1) is 51.4 Å². The van der Waals surface area contributed by atoms with Gasteiger partial charge >= 0.3 is 5.97 Å². The van der Waals surface area contributed by atoms with E-state index in [1.807, 2.05) is 6.07 Å². The Kier molecular flexibility index (Phi) is 5.88. The second-order valence-corrected chi connectivity index (χ2v) is 14.5. The van der Waals surface area contributed by atoms with Crippen molar-refractivity contribution in [2.24, 2.45) is 5.41 Å². The molecule has 1 saturated carbocycles. The molecule has 3 aliphatic rings. The van der Waals surface area contributed by atoms with Crippen LogP contribution in [0.5, 0.6) is 0 Å². The van der Waals surface area contributed by atoms with Gasteiger partial charge in [-0.2, -0.15) is 9.78 Å². The van der Waals surface area contributed by atoms with Crippen LogP contribution in [0.4, 0.5) is 8.78 Å². The van der Waals surface area contributed by atoms with Gasteiger partial charge in [0.2, 0.25) is 0 Å². The second kappa shape index (κ2) is 9.15. The zero-order valence-electron chi connectivity index (χ0n) is 23.3. The average Bonchev–Trinajstić information content (AvgIpc) is 3.67.